The summed E-state index contributed by atoms with van der Waals surface area (Å²) in [5.74, 6) is 0.587. The summed E-state index contributed by atoms with van der Waals surface area (Å²) >= 11 is 0. The Hall–Kier alpha value is -0.420. The average molecular weight is 245 g/mol. The molecule has 16 heavy (non-hydrogen) atoms. The minimum Gasteiger partial charge on any atom is -0.480 e. The van der Waals surface area contributed by atoms with E-state index in [9.17, 15) is 14.1 Å². The predicted molar refractivity (Wildman–Crippen MR) is 62.9 cm³/mol. The van der Waals surface area contributed by atoms with Gasteiger partial charge in [-0.25, -0.2) is 0 Å². The molecule has 1 N–H and O–H groups in total. The summed E-state index contributed by atoms with van der Waals surface area (Å²) in [5.41, 5.74) is -0.650. The summed E-state index contributed by atoms with van der Waals surface area (Å²) in [5, 5.41) is 9.49. The Bertz CT molecular complexity index is 290. The molecular formula is C11H19NO3S. The first-order valence-corrected chi connectivity index (χ1v) is 7.47. The van der Waals surface area contributed by atoms with Crippen LogP contribution in [0, 0.1) is 0 Å². The van der Waals surface area contributed by atoms with Crippen molar-refractivity contribution in [3.63, 3.8) is 0 Å². The predicted octanol–water partition coefficient (Wildman–Crippen LogP) is 0.838. The summed E-state index contributed by atoms with van der Waals surface area (Å²) < 4.78 is 11.3. The van der Waals surface area contributed by atoms with E-state index in [0.29, 0.717) is 24.6 Å². The van der Waals surface area contributed by atoms with Crippen molar-refractivity contribution in [2.24, 2.45) is 0 Å². The Labute approximate surface area is 98.5 Å². The van der Waals surface area contributed by atoms with Crippen molar-refractivity contribution in [1.82, 2.24) is 4.90 Å². The molecule has 0 atom stereocenters. The second-order valence-corrected chi connectivity index (χ2v) is 6.43. The van der Waals surface area contributed by atoms with Gasteiger partial charge in [-0.1, -0.05) is 19.3 Å². The van der Waals surface area contributed by atoms with Gasteiger partial charge in [0.1, 0.15) is 5.54 Å². The number of nitrogens with zero attached hydrogens (tertiary/aromatic N) is 1. The zero-order valence-corrected chi connectivity index (χ0v) is 10.3. The highest BCUT2D eigenvalue weighted by atomic mass is 32.2. The zero-order valence-electron chi connectivity index (χ0n) is 9.48. The van der Waals surface area contributed by atoms with Gasteiger partial charge in [0.25, 0.3) is 0 Å². The van der Waals surface area contributed by atoms with Gasteiger partial charge in [0, 0.05) is 35.4 Å². The molecule has 2 aliphatic rings. The minimum atomic E-state index is -0.731. The van der Waals surface area contributed by atoms with Gasteiger partial charge in [-0.2, -0.15) is 0 Å². The van der Waals surface area contributed by atoms with Crippen molar-refractivity contribution in [1.29, 1.82) is 0 Å². The van der Waals surface area contributed by atoms with Gasteiger partial charge in [-0.15, -0.1) is 0 Å². The number of rotatable bonds is 2. The Kier molecular flexibility index (Phi) is 3.64. The summed E-state index contributed by atoms with van der Waals surface area (Å²) in [7, 11) is -0.731. The Balaban J connectivity index is 2.12. The van der Waals surface area contributed by atoms with Crippen LogP contribution in [0.25, 0.3) is 0 Å². The van der Waals surface area contributed by atoms with Gasteiger partial charge in [0.05, 0.1) is 0 Å². The first-order chi connectivity index (χ1) is 7.65. The van der Waals surface area contributed by atoms with E-state index in [0.717, 1.165) is 32.1 Å². The van der Waals surface area contributed by atoms with Gasteiger partial charge < -0.3 is 5.11 Å². The fraction of sp³-hybridized carbons (Fsp3) is 0.909. The molecule has 5 heteroatoms. The normalized spacial score (nSPS) is 27.8. The highest BCUT2D eigenvalue weighted by Crippen LogP contribution is 2.34. The maximum Gasteiger partial charge on any atom is 0.324 e. The fourth-order valence-corrected chi connectivity index (χ4v) is 3.92. The molecule has 4 nitrogen and oxygen atoms in total. The lowest BCUT2D eigenvalue weighted by Gasteiger charge is -2.44. The van der Waals surface area contributed by atoms with Crippen molar-refractivity contribution >= 4 is 16.8 Å². The first kappa shape index (κ1) is 12.0. The molecule has 0 bridgehead atoms. The molecule has 0 radical (unpaired) electrons. The summed E-state index contributed by atoms with van der Waals surface area (Å²) in [6.07, 6.45) is 4.68. The molecule has 1 saturated carbocycles. The van der Waals surface area contributed by atoms with Crippen LogP contribution in [0.15, 0.2) is 0 Å². The third kappa shape index (κ3) is 2.15. The van der Waals surface area contributed by atoms with E-state index in [4.69, 9.17) is 0 Å². The van der Waals surface area contributed by atoms with Crippen LogP contribution in [0.4, 0.5) is 0 Å². The number of aliphatic carboxylic acids is 1. The summed E-state index contributed by atoms with van der Waals surface area (Å²) in [6, 6.07) is 0. The second kappa shape index (κ2) is 4.84. The first-order valence-electron chi connectivity index (χ1n) is 5.98. The van der Waals surface area contributed by atoms with Crippen LogP contribution < -0.4 is 0 Å². The SMILES string of the molecule is O=C(O)C1(N2CCS(=O)CC2)CCCCC1. The smallest absolute Gasteiger partial charge is 0.324 e. The molecule has 92 valence electrons. The lowest BCUT2D eigenvalue weighted by molar-refractivity contribution is -0.154. The molecule has 1 heterocycles. The lowest BCUT2D eigenvalue weighted by atomic mass is 9.80. The Morgan fingerprint density at radius 1 is 1.12 bits per heavy atom. The molecule has 1 aliphatic carbocycles. The number of carboxylic acids is 1. The zero-order chi connectivity index (χ0) is 11.6. The third-order valence-corrected chi connectivity index (χ3v) is 5.14. The van der Waals surface area contributed by atoms with Gasteiger partial charge in [-0.05, 0) is 12.8 Å². The molecule has 0 aromatic carbocycles. The van der Waals surface area contributed by atoms with E-state index in [-0.39, 0.29) is 0 Å². The van der Waals surface area contributed by atoms with Crippen LogP contribution in [0.1, 0.15) is 32.1 Å². The molecular weight excluding hydrogens is 226 g/mol. The van der Waals surface area contributed by atoms with E-state index in [2.05, 4.69) is 4.90 Å². The van der Waals surface area contributed by atoms with Crippen molar-refractivity contribution in [2.75, 3.05) is 24.6 Å². The molecule has 2 rings (SSSR count). The number of hydrogen-bond acceptors (Lipinski definition) is 3. The van der Waals surface area contributed by atoms with Crippen molar-refractivity contribution in [3.05, 3.63) is 0 Å². The molecule has 2 fully saturated rings. The highest BCUT2D eigenvalue weighted by molar-refractivity contribution is 7.85. The number of carbonyl (C=O) groups is 1. The number of carboxylic acid groups (broad SMARTS) is 1. The van der Waals surface area contributed by atoms with Crippen LogP contribution in [0.2, 0.25) is 0 Å². The molecule has 0 unspecified atom stereocenters. The second-order valence-electron chi connectivity index (χ2n) is 4.73. The van der Waals surface area contributed by atoms with Crippen LogP contribution in [-0.2, 0) is 15.6 Å². The highest BCUT2D eigenvalue weighted by Gasteiger charge is 2.45. The van der Waals surface area contributed by atoms with E-state index in [1.807, 2.05) is 0 Å². The Morgan fingerprint density at radius 2 is 1.69 bits per heavy atom. The van der Waals surface area contributed by atoms with Crippen molar-refractivity contribution < 1.29 is 14.1 Å². The quantitative estimate of drug-likeness (QED) is 0.783. The molecule has 1 aliphatic heterocycles. The number of hydrogen-bond donors (Lipinski definition) is 1. The minimum absolute atomic E-state index is 0.634. The topological polar surface area (TPSA) is 57.6 Å². The van der Waals surface area contributed by atoms with Gasteiger partial charge in [0.15, 0.2) is 0 Å². The summed E-state index contributed by atoms with van der Waals surface area (Å²) in [6.45, 7) is 1.36. The maximum atomic E-state index is 11.5. The van der Waals surface area contributed by atoms with E-state index >= 15 is 0 Å². The van der Waals surface area contributed by atoms with Crippen LogP contribution in [0.5, 0.6) is 0 Å². The summed E-state index contributed by atoms with van der Waals surface area (Å²) in [4.78, 5) is 13.6. The average Bonchev–Trinajstić information content (AvgIpc) is 2.30. The molecule has 0 aromatic heterocycles. The monoisotopic (exact) mass is 245 g/mol. The van der Waals surface area contributed by atoms with E-state index < -0.39 is 22.3 Å². The molecule has 0 spiro atoms. The van der Waals surface area contributed by atoms with Gasteiger partial charge >= 0.3 is 5.97 Å². The molecule has 1 saturated heterocycles. The van der Waals surface area contributed by atoms with Gasteiger partial charge in [0.2, 0.25) is 0 Å². The van der Waals surface area contributed by atoms with Crippen LogP contribution in [-0.4, -0.2) is 50.3 Å². The lowest BCUT2D eigenvalue weighted by Crippen LogP contribution is -2.59. The standard InChI is InChI=1S/C11H19NO3S/c13-10(14)11(4-2-1-3-5-11)12-6-8-16(15)9-7-12/h1-9H2,(H,13,14). The molecule has 0 amide bonds. The van der Waals surface area contributed by atoms with Gasteiger partial charge in [-0.3, -0.25) is 13.9 Å². The van der Waals surface area contributed by atoms with Crippen LogP contribution >= 0.6 is 0 Å². The maximum absolute atomic E-state index is 11.5. The van der Waals surface area contributed by atoms with E-state index in [1.54, 1.807) is 0 Å². The Morgan fingerprint density at radius 3 is 2.19 bits per heavy atom. The van der Waals surface area contributed by atoms with Crippen LogP contribution in [0.3, 0.4) is 0 Å². The largest absolute Gasteiger partial charge is 0.480 e. The van der Waals surface area contributed by atoms with Crippen molar-refractivity contribution in [2.45, 2.75) is 37.6 Å². The molecule has 0 aromatic rings. The van der Waals surface area contributed by atoms with Crippen molar-refractivity contribution in [3.8, 4) is 0 Å². The third-order valence-electron chi connectivity index (χ3n) is 3.86. The fourth-order valence-electron chi connectivity index (χ4n) is 2.87. The van der Waals surface area contributed by atoms with E-state index in [1.165, 1.54) is 0 Å².